The Morgan fingerprint density at radius 1 is 1.19 bits per heavy atom. The van der Waals surface area contributed by atoms with Gasteiger partial charge in [0.05, 0.1) is 12.2 Å². The molecule has 21 heavy (non-hydrogen) atoms. The molecule has 1 aliphatic rings. The number of benzene rings is 2. The fraction of sp³-hybridized carbons (Fsp3) is 0.294. The van der Waals surface area contributed by atoms with Crippen LogP contribution in [0.2, 0.25) is 5.02 Å². The molecule has 4 heteroatoms. The lowest BCUT2D eigenvalue weighted by Crippen LogP contribution is -2.44. The SMILES string of the molecule is CCN1C[C@@H](CN)Oc2c(-c3ccccc3Cl)cccc21. The standard InChI is InChI=1S/C17H19ClN2O/c1-2-20-11-12(10-19)21-17-14(7-5-9-16(17)20)13-6-3-4-8-15(13)18/h3-9,12H,2,10-11,19H2,1H3/t12-/m1/s1. The van der Waals surface area contributed by atoms with E-state index in [0.717, 1.165) is 40.7 Å². The van der Waals surface area contributed by atoms with Crippen LogP contribution in [0.15, 0.2) is 42.5 Å². The van der Waals surface area contributed by atoms with E-state index in [-0.39, 0.29) is 6.10 Å². The summed E-state index contributed by atoms with van der Waals surface area (Å²) in [6.07, 6.45) is 0.0149. The van der Waals surface area contributed by atoms with Crippen molar-refractivity contribution in [2.75, 3.05) is 24.5 Å². The average molecular weight is 303 g/mol. The number of likely N-dealkylation sites (N-methyl/N-ethyl adjacent to an activating group) is 1. The lowest BCUT2D eigenvalue weighted by Gasteiger charge is -2.36. The number of para-hydroxylation sites is 1. The monoisotopic (exact) mass is 302 g/mol. The minimum atomic E-state index is 0.0149. The van der Waals surface area contributed by atoms with E-state index in [1.54, 1.807) is 0 Å². The molecule has 0 saturated heterocycles. The number of hydrogen-bond acceptors (Lipinski definition) is 3. The van der Waals surface area contributed by atoms with Gasteiger partial charge in [0.2, 0.25) is 0 Å². The first-order valence-electron chi connectivity index (χ1n) is 7.24. The number of halogens is 1. The molecule has 0 unspecified atom stereocenters. The lowest BCUT2D eigenvalue weighted by molar-refractivity contribution is 0.202. The average Bonchev–Trinajstić information content (AvgIpc) is 2.53. The molecule has 0 aromatic heterocycles. The van der Waals surface area contributed by atoms with Crippen LogP contribution < -0.4 is 15.4 Å². The number of ether oxygens (including phenoxy) is 1. The first kappa shape index (κ1) is 14.2. The fourth-order valence-electron chi connectivity index (χ4n) is 2.76. The summed E-state index contributed by atoms with van der Waals surface area (Å²) >= 11 is 6.35. The number of hydrogen-bond donors (Lipinski definition) is 1. The van der Waals surface area contributed by atoms with Crippen molar-refractivity contribution in [2.45, 2.75) is 13.0 Å². The Kier molecular flexibility index (Phi) is 4.04. The Labute approximate surface area is 130 Å². The summed E-state index contributed by atoms with van der Waals surface area (Å²) < 4.78 is 6.13. The van der Waals surface area contributed by atoms with Crippen LogP contribution in [0.5, 0.6) is 5.75 Å². The van der Waals surface area contributed by atoms with Crippen LogP contribution in [0.1, 0.15) is 6.92 Å². The molecule has 0 amide bonds. The zero-order valence-electron chi connectivity index (χ0n) is 12.1. The Balaban J connectivity index is 2.14. The Morgan fingerprint density at radius 3 is 2.67 bits per heavy atom. The number of rotatable bonds is 3. The van der Waals surface area contributed by atoms with Crippen molar-refractivity contribution in [3.8, 4) is 16.9 Å². The van der Waals surface area contributed by atoms with E-state index in [9.17, 15) is 0 Å². The second kappa shape index (κ2) is 5.96. The quantitative estimate of drug-likeness (QED) is 0.942. The van der Waals surface area contributed by atoms with Gasteiger partial charge in [0.1, 0.15) is 6.10 Å². The van der Waals surface area contributed by atoms with Crippen LogP contribution in [0, 0.1) is 0 Å². The third-order valence-corrected chi connectivity index (χ3v) is 4.18. The number of nitrogens with two attached hydrogens (primary N) is 1. The van der Waals surface area contributed by atoms with Gasteiger partial charge in [-0.2, -0.15) is 0 Å². The van der Waals surface area contributed by atoms with Crippen LogP contribution in [0.25, 0.3) is 11.1 Å². The molecule has 1 heterocycles. The first-order valence-corrected chi connectivity index (χ1v) is 7.62. The minimum absolute atomic E-state index is 0.0149. The predicted molar refractivity (Wildman–Crippen MR) is 88.2 cm³/mol. The number of fused-ring (bicyclic) bond motifs is 1. The summed E-state index contributed by atoms with van der Waals surface area (Å²) in [4.78, 5) is 2.30. The van der Waals surface area contributed by atoms with E-state index < -0.39 is 0 Å². The molecule has 0 fully saturated rings. The molecule has 2 aromatic carbocycles. The Bertz CT molecular complexity index is 644. The molecule has 2 N–H and O–H groups in total. The molecule has 0 saturated carbocycles. The zero-order valence-corrected chi connectivity index (χ0v) is 12.8. The second-order valence-electron chi connectivity index (χ2n) is 5.15. The summed E-state index contributed by atoms with van der Waals surface area (Å²) in [6, 6.07) is 14.0. The molecule has 2 aromatic rings. The third-order valence-electron chi connectivity index (χ3n) is 3.85. The van der Waals surface area contributed by atoms with Gasteiger partial charge in [-0.15, -0.1) is 0 Å². The van der Waals surface area contributed by atoms with E-state index in [1.807, 2.05) is 36.4 Å². The molecule has 0 aliphatic carbocycles. The molecule has 1 atom stereocenters. The highest BCUT2D eigenvalue weighted by molar-refractivity contribution is 6.33. The van der Waals surface area contributed by atoms with Gasteiger partial charge in [0, 0.05) is 29.2 Å². The summed E-state index contributed by atoms with van der Waals surface area (Å²) in [5.41, 5.74) is 8.94. The van der Waals surface area contributed by atoms with Crippen LogP contribution in [0.4, 0.5) is 5.69 Å². The van der Waals surface area contributed by atoms with Crippen molar-refractivity contribution in [3.63, 3.8) is 0 Å². The van der Waals surface area contributed by atoms with E-state index >= 15 is 0 Å². The van der Waals surface area contributed by atoms with Gasteiger partial charge >= 0.3 is 0 Å². The number of nitrogens with zero attached hydrogens (tertiary/aromatic N) is 1. The normalized spacial score (nSPS) is 17.3. The summed E-state index contributed by atoms with van der Waals surface area (Å²) in [5, 5.41) is 0.729. The topological polar surface area (TPSA) is 38.5 Å². The van der Waals surface area contributed by atoms with Gasteiger partial charge in [-0.25, -0.2) is 0 Å². The molecule has 3 nitrogen and oxygen atoms in total. The largest absolute Gasteiger partial charge is 0.484 e. The van der Waals surface area contributed by atoms with Crippen molar-refractivity contribution in [1.29, 1.82) is 0 Å². The summed E-state index contributed by atoms with van der Waals surface area (Å²) in [6.45, 7) is 4.41. The molecular weight excluding hydrogens is 284 g/mol. The van der Waals surface area contributed by atoms with E-state index in [0.29, 0.717) is 6.54 Å². The second-order valence-corrected chi connectivity index (χ2v) is 5.56. The molecule has 0 bridgehead atoms. The van der Waals surface area contributed by atoms with Gasteiger partial charge in [-0.1, -0.05) is 41.9 Å². The molecule has 0 spiro atoms. The van der Waals surface area contributed by atoms with Crippen molar-refractivity contribution >= 4 is 17.3 Å². The van der Waals surface area contributed by atoms with Crippen LogP contribution in [0.3, 0.4) is 0 Å². The first-order chi connectivity index (χ1) is 10.2. The van der Waals surface area contributed by atoms with E-state index in [4.69, 9.17) is 22.1 Å². The van der Waals surface area contributed by atoms with Crippen molar-refractivity contribution in [2.24, 2.45) is 5.73 Å². The Morgan fingerprint density at radius 2 is 1.95 bits per heavy atom. The molecule has 0 radical (unpaired) electrons. The minimum Gasteiger partial charge on any atom is -0.484 e. The fourth-order valence-corrected chi connectivity index (χ4v) is 3.00. The maximum atomic E-state index is 6.35. The van der Waals surface area contributed by atoms with Gasteiger partial charge in [-0.05, 0) is 19.1 Å². The lowest BCUT2D eigenvalue weighted by atomic mass is 10.0. The van der Waals surface area contributed by atoms with Crippen LogP contribution in [-0.4, -0.2) is 25.7 Å². The van der Waals surface area contributed by atoms with Crippen LogP contribution in [-0.2, 0) is 0 Å². The van der Waals surface area contributed by atoms with Gasteiger partial charge in [0.25, 0.3) is 0 Å². The van der Waals surface area contributed by atoms with Gasteiger partial charge < -0.3 is 15.4 Å². The maximum absolute atomic E-state index is 6.35. The summed E-state index contributed by atoms with van der Waals surface area (Å²) in [7, 11) is 0. The molecule has 110 valence electrons. The van der Waals surface area contributed by atoms with Gasteiger partial charge in [-0.3, -0.25) is 0 Å². The predicted octanol–water partition coefficient (Wildman–Crippen LogP) is 3.55. The highest BCUT2D eigenvalue weighted by Gasteiger charge is 2.26. The summed E-state index contributed by atoms with van der Waals surface area (Å²) in [5.74, 6) is 0.883. The van der Waals surface area contributed by atoms with Gasteiger partial charge in [0.15, 0.2) is 5.75 Å². The molecular formula is C17H19ClN2O. The number of anilines is 1. The van der Waals surface area contributed by atoms with Crippen molar-refractivity contribution in [1.82, 2.24) is 0 Å². The Hall–Kier alpha value is -1.71. The van der Waals surface area contributed by atoms with Crippen molar-refractivity contribution in [3.05, 3.63) is 47.5 Å². The smallest absolute Gasteiger partial charge is 0.151 e. The van der Waals surface area contributed by atoms with Crippen molar-refractivity contribution < 1.29 is 4.74 Å². The molecule has 3 rings (SSSR count). The third kappa shape index (κ3) is 2.59. The van der Waals surface area contributed by atoms with E-state index in [2.05, 4.69) is 17.9 Å². The highest BCUT2D eigenvalue weighted by Crippen LogP contribution is 2.43. The molecule has 1 aliphatic heterocycles. The maximum Gasteiger partial charge on any atom is 0.151 e. The van der Waals surface area contributed by atoms with Crippen LogP contribution >= 0.6 is 11.6 Å². The zero-order chi connectivity index (χ0) is 14.8. The van der Waals surface area contributed by atoms with E-state index in [1.165, 1.54) is 0 Å². The highest BCUT2D eigenvalue weighted by atomic mass is 35.5.